The molecule has 3 aromatic carbocycles. The van der Waals surface area contributed by atoms with Crippen molar-refractivity contribution in [2.24, 2.45) is 23.5 Å². The number of amides is 1. The predicted octanol–water partition coefficient (Wildman–Crippen LogP) is 7.07. The summed E-state index contributed by atoms with van der Waals surface area (Å²) in [5, 5.41) is 11.2. The Bertz CT molecular complexity index is 1720. The van der Waals surface area contributed by atoms with Gasteiger partial charge in [-0.05, 0) is 141 Å². The Morgan fingerprint density at radius 3 is 2.38 bits per heavy atom. The van der Waals surface area contributed by atoms with E-state index in [1.807, 2.05) is 24.3 Å². The van der Waals surface area contributed by atoms with Crippen LogP contribution >= 0.6 is 0 Å². The van der Waals surface area contributed by atoms with Crippen LogP contribution in [-0.4, -0.2) is 35.6 Å². The maximum absolute atomic E-state index is 14.0. The highest BCUT2D eigenvalue weighted by molar-refractivity contribution is 6.11. The maximum atomic E-state index is 14.0. The molecule has 4 aliphatic carbocycles. The van der Waals surface area contributed by atoms with Crippen molar-refractivity contribution in [3.63, 3.8) is 0 Å². The van der Waals surface area contributed by atoms with Crippen LogP contribution in [-0.2, 0) is 6.42 Å². The largest absolute Gasteiger partial charge is 0.382 e. The SMILES string of the molecule is NC12CC3CC(C1)C(c1ccc(C(=O)Nc4c[nH]c5ccc(Cc6cc(F)cc(F)c6)cc45)c(NC4CCNCC4)c1)C(C3)C2. The molecule has 4 bridgehead atoms. The molecule has 1 aromatic heterocycles. The van der Waals surface area contributed by atoms with Gasteiger partial charge in [0.15, 0.2) is 0 Å². The van der Waals surface area contributed by atoms with E-state index in [2.05, 4.69) is 33.1 Å². The Balaban J connectivity index is 1.08. The number of H-pyrrole nitrogens is 1. The molecular formula is C37H41F2N5O. The standard InChI is InChI=1S/C37H41F2N5O/c38-27-12-22(13-28(39)16-27)9-21-1-4-32-31(14-21)34(20-42-32)44-36(45)30-3-2-24(15-33(30)43-29-5-7-41-8-6-29)35-25-10-23-11-26(35)19-37(40,17-23)18-25/h1-4,12-16,20,23,25-26,29,35,41-43H,5-11,17-19,40H2,(H,44,45). The number of fused-ring (bicyclic) bond motifs is 1. The number of piperidine rings is 1. The molecule has 234 valence electrons. The van der Waals surface area contributed by atoms with Gasteiger partial charge >= 0.3 is 0 Å². The van der Waals surface area contributed by atoms with Gasteiger partial charge in [-0.25, -0.2) is 8.78 Å². The van der Waals surface area contributed by atoms with E-state index in [-0.39, 0.29) is 11.4 Å². The number of aromatic amines is 1. The minimum Gasteiger partial charge on any atom is -0.382 e. The van der Waals surface area contributed by atoms with Crippen molar-refractivity contribution in [3.8, 4) is 0 Å². The third kappa shape index (κ3) is 5.63. The summed E-state index contributed by atoms with van der Waals surface area (Å²) in [6, 6.07) is 16.2. The first-order valence-corrected chi connectivity index (χ1v) is 16.5. The summed E-state index contributed by atoms with van der Waals surface area (Å²) in [4.78, 5) is 17.2. The van der Waals surface area contributed by atoms with Crippen LogP contribution in [0.5, 0.6) is 0 Å². The second kappa shape index (κ2) is 11.2. The van der Waals surface area contributed by atoms with Crippen LogP contribution in [0.25, 0.3) is 10.9 Å². The second-order valence-corrected chi connectivity index (χ2v) is 14.3. The van der Waals surface area contributed by atoms with E-state index < -0.39 is 11.6 Å². The normalized spacial score (nSPS) is 27.6. The third-order valence-corrected chi connectivity index (χ3v) is 11.0. The fraction of sp³-hybridized carbons (Fsp3) is 0.432. The molecule has 9 rings (SSSR count). The number of nitrogens with one attached hydrogen (secondary N) is 4. The van der Waals surface area contributed by atoms with Gasteiger partial charge in [-0.2, -0.15) is 0 Å². The number of carbonyl (C=O) groups is 1. The average molecular weight is 610 g/mol. The third-order valence-electron chi connectivity index (χ3n) is 11.0. The average Bonchev–Trinajstić information content (AvgIpc) is 3.38. The molecule has 1 amide bonds. The summed E-state index contributed by atoms with van der Waals surface area (Å²) in [6.45, 7) is 1.93. The summed E-state index contributed by atoms with van der Waals surface area (Å²) in [5.41, 5.74) is 12.7. The highest BCUT2D eigenvalue weighted by Crippen LogP contribution is 2.60. The molecule has 2 atom stereocenters. The molecule has 1 aliphatic heterocycles. The van der Waals surface area contributed by atoms with E-state index in [1.165, 1.54) is 37.0 Å². The van der Waals surface area contributed by atoms with Gasteiger partial charge in [0.1, 0.15) is 11.6 Å². The zero-order chi connectivity index (χ0) is 30.7. The van der Waals surface area contributed by atoms with Crippen molar-refractivity contribution >= 4 is 28.2 Å². The van der Waals surface area contributed by atoms with E-state index >= 15 is 0 Å². The Hall–Kier alpha value is -3.75. The Morgan fingerprint density at radius 1 is 0.889 bits per heavy atom. The quantitative estimate of drug-likeness (QED) is 0.155. The molecule has 6 N–H and O–H groups in total. The predicted molar refractivity (Wildman–Crippen MR) is 175 cm³/mol. The van der Waals surface area contributed by atoms with E-state index in [1.54, 1.807) is 6.20 Å². The number of aromatic nitrogens is 1. The lowest BCUT2D eigenvalue weighted by Gasteiger charge is -2.59. The molecule has 4 saturated carbocycles. The fourth-order valence-electron chi connectivity index (χ4n) is 9.42. The summed E-state index contributed by atoms with van der Waals surface area (Å²) < 4.78 is 27.6. The lowest BCUT2D eigenvalue weighted by atomic mass is 9.48. The number of anilines is 2. The van der Waals surface area contributed by atoms with E-state index in [9.17, 15) is 13.6 Å². The molecule has 2 heterocycles. The van der Waals surface area contributed by atoms with Crippen molar-refractivity contribution in [1.82, 2.24) is 10.3 Å². The Kier molecular flexibility index (Phi) is 7.17. The summed E-state index contributed by atoms with van der Waals surface area (Å²) >= 11 is 0. The molecule has 8 heteroatoms. The molecular weight excluding hydrogens is 568 g/mol. The number of rotatable bonds is 7. The minimum atomic E-state index is -0.591. The second-order valence-electron chi connectivity index (χ2n) is 14.3. The molecule has 45 heavy (non-hydrogen) atoms. The van der Waals surface area contributed by atoms with Crippen molar-refractivity contribution in [2.45, 2.75) is 68.9 Å². The molecule has 1 saturated heterocycles. The van der Waals surface area contributed by atoms with Gasteiger partial charge in [0, 0.05) is 40.4 Å². The van der Waals surface area contributed by atoms with Crippen molar-refractivity contribution in [2.75, 3.05) is 23.7 Å². The number of halogens is 2. The smallest absolute Gasteiger partial charge is 0.257 e. The van der Waals surface area contributed by atoms with E-state index in [4.69, 9.17) is 5.73 Å². The molecule has 5 fully saturated rings. The van der Waals surface area contributed by atoms with Crippen LogP contribution in [0.3, 0.4) is 0 Å². The molecule has 2 unspecified atom stereocenters. The van der Waals surface area contributed by atoms with Gasteiger partial charge in [0.2, 0.25) is 0 Å². The van der Waals surface area contributed by atoms with Crippen molar-refractivity contribution in [3.05, 3.63) is 94.7 Å². The van der Waals surface area contributed by atoms with Crippen molar-refractivity contribution in [1.29, 1.82) is 0 Å². The van der Waals surface area contributed by atoms with Crippen LogP contribution in [0.1, 0.15) is 77.9 Å². The first-order chi connectivity index (χ1) is 21.8. The zero-order valence-corrected chi connectivity index (χ0v) is 25.5. The molecule has 5 aliphatic rings. The van der Waals surface area contributed by atoms with Crippen LogP contribution in [0.2, 0.25) is 0 Å². The zero-order valence-electron chi connectivity index (χ0n) is 25.5. The number of nitrogens with two attached hydrogens (primary N) is 1. The molecule has 4 aromatic rings. The lowest BCUT2D eigenvalue weighted by molar-refractivity contribution is -0.0202. The number of carbonyl (C=O) groups excluding carboxylic acids is 1. The van der Waals surface area contributed by atoms with Gasteiger partial charge in [0.25, 0.3) is 5.91 Å². The van der Waals surface area contributed by atoms with Crippen molar-refractivity contribution < 1.29 is 13.6 Å². The van der Waals surface area contributed by atoms with Crippen LogP contribution in [0.15, 0.2) is 60.8 Å². The minimum absolute atomic E-state index is 0.0235. The van der Waals surface area contributed by atoms with E-state index in [0.717, 1.165) is 72.9 Å². The maximum Gasteiger partial charge on any atom is 0.257 e. The fourth-order valence-corrected chi connectivity index (χ4v) is 9.42. The van der Waals surface area contributed by atoms with E-state index in [0.29, 0.717) is 47.0 Å². The first-order valence-electron chi connectivity index (χ1n) is 16.5. The molecule has 6 nitrogen and oxygen atoms in total. The summed E-state index contributed by atoms with van der Waals surface area (Å²) in [5.74, 6) is 1.17. The van der Waals surface area contributed by atoms with Gasteiger partial charge in [-0.15, -0.1) is 0 Å². The topological polar surface area (TPSA) is 95.0 Å². The number of hydrogen-bond acceptors (Lipinski definition) is 4. The number of benzene rings is 3. The van der Waals surface area contributed by atoms with Gasteiger partial charge in [-0.3, -0.25) is 4.79 Å². The van der Waals surface area contributed by atoms with Gasteiger partial charge < -0.3 is 26.7 Å². The molecule has 0 radical (unpaired) electrons. The van der Waals surface area contributed by atoms with Gasteiger partial charge in [-0.1, -0.05) is 12.1 Å². The summed E-state index contributed by atoms with van der Waals surface area (Å²) in [7, 11) is 0. The highest BCUT2D eigenvalue weighted by atomic mass is 19.1. The van der Waals surface area contributed by atoms with Crippen LogP contribution < -0.4 is 21.7 Å². The Labute approximate surface area is 262 Å². The molecule has 0 spiro atoms. The summed E-state index contributed by atoms with van der Waals surface area (Å²) in [6.07, 6.45) is 10.2. The monoisotopic (exact) mass is 609 g/mol. The first kappa shape index (κ1) is 28.7. The number of hydrogen-bond donors (Lipinski definition) is 5. The lowest BCUT2D eigenvalue weighted by Crippen LogP contribution is -2.58. The van der Waals surface area contributed by atoms with Gasteiger partial charge in [0.05, 0.1) is 11.3 Å². The van der Waals surface area contributed by atoms with Crippen LogP contribution in [0, 0.1) is 29.4 Å². The Morgan fingerprint density at radius 2 is 1.64 bits per heavy atom. The van der Waals surface area contributed by atoms with Crippen LogP contribution in [0.4, 0.5) is 20.2 Å². The highest BCUT2D eigenvalue weighted by Gasteiger charge is 2.54.